The molecule has 0 aliphatic carbocycles. The summed E-state index contributed by atoms with van der Waals surface area (Å²) in [6.45, 7) is 4.61. The molecule has 2 atom stereocenters. The Labute approximate surface area is 89.1 Å². The Morgan fingerprint density at radius 3 is 2.87 bits per heavy atom. The molecule has 0 aromatic heterocycles. The fraction of sp³-hybridized carbons (Fsp3) is 0.800. The third kappa shape index (κ3) is 3.87. The zero-order valence-corrected chi connectivity index (χ0v) is 8.90. The van der Waals surface area contributed by atoms with Crippen molar-refractivity contribution in [2.24, 2.45) is 11.8 Å². The predicted octanol–water partition coefficient (Wildman–Crippen LogP) is -0.0518. The summed E-state index contributed by atoms with van der Waals surface area (Å²) in [6, 6.07) is 0. The van der Waals surface area contributed by atoms with E-state index >= 15 is 0 Å². The van der Waals surface area contributed by atoms with Crippen molar-refractivity contribution >= 4 is 12.4 Å². The van der Waals surface area contributed by atoms with Crippen molar-refractivity contribution in [2.45, 2.75) is 13.3 Å². The van der Waals surface area contributed by atoms with Crippen LogP contribution in [0.4, 0.5) is 0 Å². The molecule has 1 aliphatic heterocycles. The number of carbonyl (C=O) groups is 2. The van der Waals surface area contributed by atoms with Crippen LogP contribution < -0.4 is 5.32 Å². The van der Waals surface area contributed by atoms with Gasteiger partial charge in [0.25, 0.3) is 6.47 Å². The molecule has 0 aromatic carbocycles. The second-order valence-corrected chi connectivity index (χ2v) is 3.73. The van der Waals surface area contributed by atoms with Crippen LogP contribution in [-0.4, -0.2) is 38.7 Å². The molecule has 0 spiro atoms. The van der Waals surface area contributed by atoms with E-state index in [1.165, 1.54) is 0 Å². The molecule has 1 fully saturated rings. The van der Waals surface area contributed by atoms with Crippen molar-refractivity contribution in [3.05, 3.63) is 0 Å². The fourth-order valence-corrected chi connectivity index (χ4v) is 1.60. The van der Waals surface area contributed by atoms with Gasteiger partial charge in [0.05, 0.1) is 19.1 Å². The SMILES string of the molecule is CC1CNC[C@H]1C(=O)OCCCOC=O. The van der Waals surface area contributed by atoms with Crippen molar-refractivity contribution in [3.63, 3.8) is 0 Å². The smallest absolute Gasteiger partial charge is 0.310 e. The maximum absolute atomic E-state index is 11.5. The van der Waals surface area contributed by atoms with E-state index in [0.717, 1.165) is 6.54 Å². The third-order valence-electron chi connectivity index (χ3n) is 2.54. The number of hydrogen-bond donors (Lipinski definition) is 1. The first kappa shape index (κ1) is 12.0. The molecule has 5 heteroatoms. The number of hydrogen-bond acceptors (Lipinski definition) is 5. The van der Waals surface area contributed by atoms with Crippen molar-refractivity contribution in [3.8, 4) is 0 Å². The van der Waals surface area contributed by atoms with E-state index in [2.05, 4.69) is 10.1 Å². The number of carbonyl (C=O) groups excluding carboxylic acids is 2. The molecule has 0 saturated carbocycles. The second kappa shape index (κ2) is 6.40. The number of nitrogens with one attached hydrogen (secondary N) is 1. The summed E-state index contributed by atoms with van der Waals surface area (Å²) in [4.78, 5) is 21.3. The minimum Gasteiger partial charge on any atom is -0.468 e. The van der Waals surface area contributed by atoms with Crippen LogP contribution in [0.25, 0.3) is 0 Å². The molecule has 0 bridgehead atoms. The molecular weight excluding hydrogens is 198 g/mol. The molecule has 0 amide bonds. The van der Waals surface area contributed by atoms with E-state index in [-0.39, 0.29) is 11.9 Å². The lowest BCUT2D eigenvalue weighted by Crippen LogP contribution is -2.24. The van der Waals surface area contributed by atoms with Crippen LogP contribution in [-0.2, 0) is 19.1 Å². The van der Waals surface area contributed by atoms with Crippen LogP contribution in [0.5, 0.6) is 0 Å². The van der Waals surface area contributed by atoms with Gasteiger partial charge in [-0.3, -0.25) is 9.59 Å². The molecule has 1 rings (SSSR count). The average molecular weight is 215 g/mol. The zero-order valence-electron chi connectivity index (χ0n) is 8.90. The van der Waals surface area contributed by atoms with Crippen LogP contribution >= 0.6 is 0 Å². The van der Waals surface area contributed by atoms with Crippen LogP contribution in [0.3, 0.4) is 0 Å². The first-order valence-electron chi connectivity index (χ1n) is 5.18. The van der Waals surface area contributed by atoms with Gasteiger partial charge < -0.3 is 14.8 Å². The first-order valence-corrected chi connectivity index (χ1v) is 5.18. The highest BCUT2D eigenvalue weighted by molar-refractivity contribution is 5.73. The van der Waals surface area contributed by atoms with Gasteiger partial charge in [-0.1, -0.05) is 6.92 Å². The van der Waals surface area contributed by atoms with Crippen LogP contribution in [0.1, 0.15) is 13.3 Å². The summed E-state index contributed by atoms with van der Waals surface area (Å²) in [6.07, 6.45) is 0.555. The first-order chi connectivity index (χ1) is 7.25. The standard InChI is InChI=1S/C10H17NO4/c1-8-5-11-6-9(8)10(13)15-4-2-3-14-7-12/h7-9,11H,2-6H2,1H3/t8?,9-/m1/s1. The lowest BCUT2D eigenvalue weighted by molar-refractivity contribution is -0.149. The highest BCUT2D eigenvalue weighted by Gasteiger charge is 2.30. The highest BCUT2D eigenvalue weighted by atomic mass is 16.5. The Hall–Kier alpha value is -1.10. The van der Waals surface area contributed by atoms with Gasteiger partial charge in [-0.25, -0.2) is 0 Å². The Kier molecular flexibility index (Phi) is 5.10. The Morgan fingerprint density at radius 1 is 1.47 bits per heavy atom. The van der Waals surface area contributed by atoms with Gasteiger partial charge in [0.2, 0.25) is 0 Å². The van der Waals surface area contributed by atoms with Gasteiger partial charge in [-0.15, -0.1) is 0 Å². The molecule has 0 aromatic rings. The van der Waals surface area contributed by atoms with E-state index in [4.69, 9.17) is 4.74 Å². The minimum atomic E-state index is -0.154. The lowest BCUT2D eigenvalue weighted by atomic mass is 9.99. The quantitative estimate of drug-likeness (QED) is 0.382. The van der Waals surface area contributed by atoms with Crippen molar-refractivity contribution in [1.29, 1.82) is 0 Å². The van der Waals surface area contributed by atoms with Crippen molar-refractivity contribution < 1.29 is 19.1 Å². The van der Waals surface area contributed by atoms with E-state index in [0.29, 0.717) is 38.6 Å². The molecule has 1 heterocycles. The Morgan fingerprint density at radius 2 is 2.27 bits per heavy atom. The monoisotopic (exact) mass is 215 g/mol. The normalized spacial score (nSPS) is 24.9. The van der Waals surface area contributed by atoms with E-state index in [9.17, 15) is 9.59 Å². The van der Waals surface area contributed by atoms with E-state index < -0.39 is 0 Å². The van der Waals surface area contributed by atoms with Gasteiger partial charge >= 0.3 is 5.97 Å². The van der Waals surface area contributed by atoms with Crippen LogP contribution in [0, 0.1) is 11.8 Å². The molecule has 1 unspecified atom stereocenters. The summed E-state index contributed by atoms with van der Waals surface area (Å²) in [5.41, 5.74) is 0. The molecule has 5 nitrogen and oxygen atoms in total. The Bertz CT molecular complexity index is 219. The van der Waals surface area contributed by atoms with Crippen LogP contribution in [0.15, 0.2) is 0 Å². The third-order valence-corrected chi connectivity index (χ3v) is 2.54. The fourth-order valence-electron chi connectivity index (χ4n) is 1.60. The summed E-state index contributed by atoms with van der Waals surface area (Å²) in [5.74, 6) is 0.152. The summed E-state index contributed by atoms with van der Waals surface area (Å²) in [7, 11) is 0. The lowest BCUT2D eigenvalue weighted by Gasteiger charge is -2.12. The van der Waals surface area contributed by atoms with Crippen molar-refractivity contribution in [1.82, 2.24) is 5.32 Å². The second-order valence-electron chi connectivity index (χ2n) is 3.73. The van der Waals surface area contributed by atoms with E-state index in [1.807, 2.05) is 6.92 Å². The van der Waals surface area contributed by atoms with Gasteiger partial charge in [0.15, 0.2) is 0 Å². The maximum atomic E-state index is 11.5. The van der Waals surface area contributed by atoms with Crippen LogP contribution in [0.2, 0.25) is 0 Å². The zero-order chi connectivity index (χ0) is 11.1. The van der Waals surface area contributed by atoms with Gasteiger partial charge in [0.1, 0.15) is 0 Å². The molecule has 86 valence electrons. The topological polar surface area (TPSA) is 64.6 Å². The molecular formula is C10H17NO4. The molecule has 1 saturated heterocycles. The molecule has 1 N–H and O–H groups in total. The summed E-state index contributed by atoms with van der Waals surface area (Å²) in [5, 5.41) is 3.14. The summed E-state index contributed by atoms with van der Waals surface area (Å²) >= 11 is 0. The maximum Gasteiger partial charge on any atom is 0.310 e. The molecule has 1 aliphatic rings. The number of esters is 1. The van der Waals surface area contributed by atoms with Gasteiger partial charge in [-0.2, -0.15) is 0 Å². The molecule has 0 radical (unpaired) electrons. The van der Waals surface area contributed by atoms with Crippen molar-refractivity contribution in [2.75, 3.05) is 26.3 Å². The average Bonchev–Trinajstić information content (AvgIpc) is 2.64. The Balaban J connectivity index is 2.10. The highest BCUT2D eigenvalue weighted by Crippen LogP contribution is 2.17. The summed E-state index contributed by atoms with van der Waals surface area (Å²) < 4.78 is 9.55. The minimum absolute atomic E-state index is 0.0306. The van der Waals surface area contributed by atoms with Gasteiger partial charge in [-0.05, 0) is 12.5 Å². The van der Waals surface area contributed by atoms with E-state index in [1.54, 1.807) is 0 Å². The number of rotatable bonds is 6. The largest absolute Gasteiger partial charge is 0.468 e. The van der Waals surface area contributed by atoms with Gasteiger partial charge in [0, 0.05) is 13.0 Å². The number of ether oxygens (including phenoxy) is 2. The molecule has 15 heavy (non-hydrogen) atoms. The predicted molar refractivity (Wildman–Crippen MR) is 53.1 cm³/mol.